The van der Waals surface area contributed by atoms with Gasteiger partial charge in [0.25, 0.3) is 0 Å². The third-order valence-electron chi connectivity index (χ3n) is 2.22. The van der Waals surface area contributed by atoms with E-state index >= 15 is 0 Å². The average molecular weight is 193 g/mol. The molecule has 74 valence electrons. The van der Waals surface area contributed by atoms with Crippen molar-refractivity contribution in [1.29, 1.82) is 0 Å². The van der Waals surface area contributed by atoms with Crippen molar-refractivity contribution in [2.24, 2.45) is 0 Å². The van der Waals surface area contributed by atoms with Crippen LogP contribution in [0, 0.1) is 0 Å². The Kier molecular flexibility index (Phi) is 2.74. The van der Waals surface area contributed by atoms with Crippen molar-refractivity contribution in [2.45, 2.75) is 0 Å². The molecule has 1 aliphatic heterocycles. The highest BCUT2D eigenvalue weighted by Gasteiger charge is 2.25. The maximum atomic E-state index is 11.8. The van der Waals surface area contributed by atoms with Gasteiger partial charge in [-0.3, -0.25) is 0 Å². The van der Waals surface area contributed by atoms with Crippen molar-refractivity contribution in [3.63, 3.8) is 0 Å². The van der Waals surface area contributed by atoms with Crippen LogP contribution in [0.1, 0.15) is 0 Å². The Bertz CT molecular complexity index is 307. The number of aromatic nitrogens is 1. The molecule has 2 rings (SSSR count). The fourth-order valence-corrected chi connectivity index (χ4v) is 1.44. The van der Waals surface area contributed by atoms with Gasteiger partial charge < -0.3 is 4.74 Å². The Hall–Kier alpha value is -1.42. The number of rotatable bonds is 0. The standard InChI is InChI=1S/C10H13N2O2/c13-10(11-4-2-1-3-5-11)12-6-8-14-9-7-12/h1-5H,6-9H2/q+1. The minimum absolute atomic E-state index is 0.0221. The first kappa shape index (κ1) is 9.15. The Balaban J connectivity index is 2.07. The van der Waals surface area contributed by atoms with Crippen molar-refractivity contribution in [3.05, 3.63) is 30.6 Å². The molecule has 0 bridgehead atoms. The summed E-state index contributed by atoms with van der Waals surface area (Å²) in [5.74, 6) is 0. The molecule has 0 unspecified atom stereocenters. The maximum absolute atomic E-state index is 11.8. The lowest BCUT2D eigenvalue weighted by atomic mass is 10.4. The van der Waals surface area contributed by atoms with Crippen molar-refractivity contribution in [2.75, 3.05) is 26.3 Å². The summed E-state index contributed by atoms with van der Waals surface area (Å²) in [4.78, 5) is 13.6. The van der Waals surface area contributed by atoms with E-state index < -0.39 is 0 Å². The number of pyridine rings is 1. The molecule has 1 amide bonds. The first-order valence-corrected chi connectivity index (χ1v) is 4.71. The van der Waals surface area contributed by atoms with Gasteiger partial charge in [-0.05, 0) is 12.1 Å². The van der Waals surface area contributed by atoms with E-state index in [0.29, 0.717) is 26.3 Å². The topological polar surface area (TPSA) is 33.4 Å². The Morgan fingerprint density at radius 1 is 1.14 bits per heavy atom. The Morgan fingerprint density at radius 3 is 2.43 bits per heavy atom. The molecule has 14 heavy (non-hydrogen) atoms. The van der Waals surface area contributed by atoms with Gasteiger partial charge in [-0.1, -0.05) is 6.07 Å². The molecule has 1 fully saturated rings. The van der Waals surface area contributed by atoms with Gasteiger partial charge in [0.05, 0.1) is 25.6 Å². The molecule has 4 heteroatoms. The van der Waals surface area contributed by atoms with Crippen LogP contribution in [0.15, 0.2) is 30.6 Å². The molecule has 0 radical (unpaired) electrons. The van der Waals surface area contributed by atoms with Gasteiger partial charge in [0.1, 0.15) is 13.1 Å². The van der Waals surface area contributed by atoms with Crippen LogP contribution in [0.3, 0.4) is 0 Å². The summed E-state index contributed by atoms with van der Waals surface area (Å²) in [5.41, 5.74) is 0. The number of hydrogen-bond donors (Lipinski definition) is 0. The van der Waals surface area contributed by atoms with Gasteiger partial charge in [0.15, 0.2) is 0 Å². The number of amides is 1. The average Bonchev–Trinajstić information content (AvgIpc) is 2.30. The van der Waals surface area contributed by atoms with Crippen LogP contribution in [-0.4, -0.2) is 37.2 Å². The monoisotopic (exact) mass is 193 g/mol. The molecule has 1 aromatic heterocycles. The summed E-state index contributed by atoms with van der Waals surface area (Å²) < 4.78 is 6.77. The molecule has 1 aliphatic rings. The van der Waals surface area contributed by atoms with Crippen LogP contribution in [-0.2, 0) is 4.74 Å². The molecule has 4 nitrogen and oxygen atoms in total. The van der Waals surface area contributed by atoms with Crippen LogP contribution < -0.4 is 4.57 Å². The second-order valence-corrected chi connectivity index (χ2v) is 3.16. The minimum Gasteiger partial charge on any atom is -0.373 e. The lowest BCUT2D eigenvalue weighted by molar-refractivity contribution is -0.578. The molecule has 0 N–H and O–H groups in total. The van der Waals surface area contributed by atoms with Crippen LogP contribution in [0.2, 0.25) is 0 Å². The van der Waals surface area contributed by atoms with Crippen molar-refractivity contribution in [1.82, 2.24) is 4.90 Å². The third kappa shape index (κ3) is 1.90. The zero-order valence-corrected chi connectivity index (χ0v) is 7.93. The minimum atomic E-state index is 0.0221. The molecular formula is C10H13N2O2+. The number of morpholine rings is 1. The number of nitrogens with zero attached hydrogens (tertiary/aromatic N) is 2. The lowest BCUT2D eigenvalue weighted by Gasteiger charge is -2.19. The molecule has 0 atom stereocenters. The van der Waals surface area contributed by atoms with Crippen molar-refractivity contribution in [3.8, 4) is 0 Å². The van der Waals surface area contributed by atoms with Gasteiger partial charge in [-0.15, -0.1) is 0 Å². The molecule has 2 heterocycles. The highest BCUT2D eigenvalue weighted by molar-refractivity contribution is 5.64. The number of hydrogen-bond acceptors (Lipinski definition) is 2. The molecule has 0 aliphatic carbocycles. The Morgan fingerprint density at radius 2 is 1.79 bits per heavy atom. The predicted octanol–water partition coefficient (Wildman–Crippen LogP) is 0.274. The van der Waals surface area contributed by atoms with E-state index in [1.54, 1.807) is 21.9 Å². The fourth-order valence-electron chi connectivity index (χ4n) is 1.44. The van der Waals surface area contributed by atoms with Crippen LogP contribution in [0.25, 0.3) is 0 Å². The summed E-state index contributed by atoms with van der Waals surface area (Å²) in [5, 5.41) is 0. The van der Waals surface area contributed by atoms with Gasteiger partial charge >= 0.3 is 6.03 Å². The number of carbonyl (C=O) groups is 1. The molecular weight excluding hydrogens is 180 g/mol. The van der Waals surface area contributed by atoms with Gasteiger partial charge in [0.2, 0.25) is 0 Å². The highest BCUT2D eigenvalue weighted by atomic mass is 16.5. The van der Waals surface area contributed by atoms with E-state index in [2.05, 4.69) is 0 Å². The SMILES string of the molecule is O=C(N1CCOCC1)[n+]1ccccc1. The highest BCUT2D eigenvalue weighted by Crippen LogP contribution is 1.96. The van der Waals surface area contributed by atoms with Crippen LogP contribution in [0.5, 0.6) is 0 Å². The molecule has 1 saturated heterocycles. The summed E-state index contributed by atoms with van der Waals surface area (Å²) in [6.07, 6.45) is 3.52. The fraction of sp³-hybridized carbons (Fsp3) is 0.400. The van der Waals surface area contributed by atoms with E-state index in [1.807, 2.05) is 18.2 Å². The predicted molar refractivity (Wildman–Crippen MR) is 49.8 cm³/mol. The zero-order chi connectivity index (χ0) is 9.80. The van der Waals surface area contributed by atoms with E-state index in [0.717, 1.165) is 0 Å². The summed E-state index contributed by atoms with van der Waals surface area (Å²) in [7, 11) is 0. The first-order chi connectivity index (χ1) is 6.88. The van der Waals surface area contributed by atoms with E-state index in [4.69, 9.17) is 4.74 Å². The largest absolute Gasteiger partial charge is 0.498 e. The maximum Gasteiger partial charge on any atom is 0.498 e. The van der Waals surface area contributed by atoms with Gasteiger partial charge in [-0.2, -0.15) is 9.36 Å². The van der Waals surface area contributed by atoms with E-state index in [9.17, 15) is 4.79 Å². The van der Waals surface area contributed by atoms with Crippen molar-refractivity contribution >= 4 is 6.03 Å². The normalized spacial score (nSPS) is 16.7. The molecule has 0 spiro atoms. The molecule has 0 aromatic carbocycles. The molecule has 0 saturated carbocycles. The molecule has 1 aromatic rings. The second-order valence-electron chi connectivity index (χ2n) is 3.16. The smallest absolute Gasteiger partial charge is 0.373 e. The summed E-state index contributed by atoms with van der Waals surface area (Å²) in [6.45, 7) is 2.64. The third-order valence-corrected chi connectivity index (χ3v) is 2.22. The summed E-state index contributed by atoms with van der Waals surface area (Å²) >= 11 is 0. The van der Waals surface area contributed by atoms with E-state index in [1.165, 1.54) is 0 Å². The van der Waals surface area contributed by atoms with E-state index in [-0.39, 0.29) is 6.03 Å². The first-order valence-electron chi connectivity index (χ1n) is 4.71. The van der Waals surface area contributed by atoms with Crippen LogP contribution >= 0.6 is 0 Å². The van der Waals surface area contributed by atoms with Gasteiger partial charge in [-0.25, -0.2) is 4.90 Å². The summed E-state index contributed by atoms with van der Waals surface area (Å²) in [6, 6.07) is 5.61. The zero-order valence-electron chi connectivity index (χ0n) is 7.93. The lowest BCUT2D eigenvalue weighted by Crippen LogP contribution is -2.55. The number of carbonyl (C=O) groups excluding carboxylic acids is 1. The van der Waals surface area contributed by atoms with Gasteiger partial charge in [0, 0.05) is 0 Å². The Labute approximate surface area is 82.7 Å². The van der Waals surface area contributed by atoms with Crippen molar-refractivity contribution < 1.29 is 14.1 Å². The number of ether oxygens (including phenoxy) is 1. The van der Waals surface area contributed by atoms with Crippen LogP contribution in [0.4, 0.5) is 4.79 Å². The second kappa shape index (κ2) is 4.19. The quantitative estimate of drug-likeness (QED) is 0.554.